The lowest BCUT2D eigenvalue weighted by molar-refractivity contribution is 0.573. The highest BCUT2D eigenvalue weighted by Crippen LogP contribution is 2.20. The van der Waals surface area contributed by atoms with Gasteiger partial charge in [-0.15, -0.1) is 10.2 Å². The van der Waals surface area contributed by atoms with Crippen LogP contribution in [0.1, 0.15) is 11.1 Å². The van der Waals surface area contributed by atoms with Crippen molar-refractivity contribution in [1.82, 2.24) is 30.0 Å². The largest absolute Gasteiger partial charge is 0.299 e. The minimum atomic E-state index is 0.459. The van der Waals surface area contributed by atoms with Gasteiger partial charge in [-0.05, 0) is 47.2 Å². The number of benzene rings is 2. The molecule has 2 aromatic heterocycles. The van der Waals surface area contributed by atoms with Crippen molar-refractivity contribution in [2.45, 2.75) is 6.54 Å². The van der Waals surface area contributed by atoms with Crippen LogP contribution in [0.5, 0.6) is 0 Å². The molecule has 0 amide bonds. The SMILES string of the molecule is N#Cc1ccc(Cn2nnc(-c3c[nH]n(-c4ccc(Br)cc4)c3=S)n2)cc1. The van der Waals surface area contributed by atoms with Gasteiger partial charge in [0.2, 0.25) is 5.82 Å². The van der Waals surface area contributed by atoms with Gasteiger partial charge in [0.25, 0.3) is 0 Å². The third-order valence-corrected chi connectivity index (χ3v) is 4.89. The van der Waals surface area contributed by atoms with Gasteiger partial charge in [-0.2, -0.15) is 10.1 Å². The molecule has 132 valence electrons. The molecule has 9 heteroatoms. The maximum Gasteiger partial charge on any atom is 0.209 e. The van der Waals surface area contributed by atoms with E-state index in [1.807, 2.05) is 36.4 Å². The molecule has 0 bridgehead atoms. The average Bonchev–Trinajstić information content (AvgIpc) is 3.29. The van der Waals surface area contributed by atoms with E-state index in [9.17, 15) is 0 Å². The molecular weight excluding hydrogens is 426 g/mol. The predicted octanol–water partition coefficient (Wildman–Crippen LogP) is 3.87. The van der Waals surface area contributed by atoms with Crippen molar-refractivity contribution >= 4 is 28.1 Å². The molecule has 2 aromatic carbocycles. The number of halogens is 1. The number of hydrogen-bond acceptors (Lipinski definition) is 5. The summed E-state index contributed by atoms with van der Waals surface area (Å²) >= 11 is 8.99. The van der Waals surface area contributed by atoms with Crippen LogP contribution in [0.4, 0.5) is 0 Å². The summed E-state index contributed by atoms with van der Waals surface area (Å²) in [5, 5.41) is 24.6. The summed E-state index contributed by atoms with van der Waals surface area (Å²) in [6, 6.07) is 17.2. The lowest BCUT2D eigenvalue weighted by Gasteiger charge is -2.02. The Morgan fingerprint density at radius 1 is 1.11 bits per heavy atom. The normalized spacial score (nSPS) is 10.7. The van der Waals surface area contributed by atoms with Crippen molar-refractivity contribution in [3.63, 3.8) is 0 Å². The highest BCUT2D eigenvalue weighted by atomic mass is 79.9. The number of H-pyrrole nitrogens is 1. The third-order valence-electron chi connectivity index (χ3n) is 3.96. The van der Waals surface area contributed by atoms with Crippen LogP contribution in [0.2, 0.25) is 0 Å². The quantitative estimate of drug-likeness (QED) is 0.489. The van der Waals surface area contributed by atoms with Crippen LogP contribution in [0.3, 0.4) is 0 Å². The molecule has 0 spiro atoms. The first kappa shape index (κ1) is 17.3. The second-order valence-electron chi connectivity index (χ2n) is 5.76. The van der Waals surface area contributed by atoms with E-state index in [4.69, 9.17) is 17.5 Å². The number of nitriles is 1. The summed E-state index contributed by atoms with van der Waals surface area (Å²) in [6.07, 6.45) is 1.77. The van der Waals surface area contributed by atoms with Gasteiger partial charge in [-0.1, -0.05) is 40.3 Å². The van der Waals surface area contributed by atoms with Crippen LogP contribution in [0.15, 0.2) is 59.2 Å². The van der Waals surface area contributed by atoms with Gasteiger partial charge < -0.3 is 0 Å². The van der Waals surface area contributed by atoms with Gasteiger partial charge in [-0.25, -0.2) is 4.68 Å². The molecule has 1 N–H and O–H groups in total. The molecular formula is C18H12BrN7S. The van der Waals surface area contributed by atoms with Crippen LogP contribution in [0.25, 0.3) is 17.1 Å². The molecule has 4 rings (SSSR count). The molecule has 0 radical (unpaired) electrons. The average molecular weight is 438 g/mol. The van der Waals surface area contributed by atoms with Crippen molar-refractivity contribution in [3.05, 3.63) is 75.0 Å². The first-order valence-electron chi connectivity index (χ1n) is 7.97. The lowest BCUT2D eigenvalue weighted by atomic mass is 10.1. The molecule has 0 fully saturated rings. The van der Waals surface area contributed by atoms with Gasteiger partial charge in [0, 0.05) is 10.7 Å². The minimum absolute atomic E-state index is 0.459. The number of aromatic nitrogens is 6. The van der Waals surface area contributed by atoms with E-state index in [1.54, 1.807) is 23.0 Å². The van der Waals surface area contributed by atoms with Gasteiger partial charge >= 0.3 is 0 Å². The highest BCUT2D eigenvalue weighted by molar-refractivity contribution is 9.10. The van der Waals surface area contributed by atoms with E-state index < -0.39 is 0 Å². The fourth-order valence-electron chi connectivity index (χ4n) is 2.58. The molecule has 2 heterocycles. The number of tetrazole rings is 1. The van der Waals surface area contributed by atoms with Crippen LogP contribution in [-0.2, 0) is 6.54 Å². The number of nitrogens with one attached hydrogen (secondary N) is 1. The fourth-order valence-corrected chi connectivity index (χ4v) is 3.15. The minimum Gasteiger partial charge on any atom is -0.299 e. The Morgan fingerprint density at radius 2 is 1.85 bits per heavy atom. The summed E-state index contributed by atoms with van der Waals surface area (Å²) in [6.45, 7) is 0.461. The standard InChI is InChI=1S/C18H12BrN7S/c19-14-5-7-15(8-6-14)26-18(27)16(10-21-26)17-22-24-25(23-17)11-13-3-1-12(9-20)2-4-13/h1-8,10,21H,11H2. The summed E-state index contributed by atoms with van der Waals surface area (Å²) < 4.78 is 3.37. The Kier molecular flexibility index (Phi) is 4.66. The maximum absolute atomic E-state index is 8.86. The van der Waals surface area contributed by atoms with E-state index in [1.165, 1.54) is 4.80 Å². The summed E-state index contributed by atoms with van der Waals surface area (Å²) in [7, 11) is 0. The Labute approximate surface area is 168 Å². The first-order chi connectivity index (χ1) is 13.1. The molecule has 0 aliphatic heterocycles. The molecule has 7 nitrogen and oxygen atoms in total. The van der Waals surface area contributed by atoms with E-state index in [-0.39, 0.29) is 0 Å². The summed E-state index contributed by atoms with van der Waals surface area (Å²) in [4.78, 5) is 1.50. The van der Waals surface area contributed by atoms with Gasteiger partial charge in [0.05, 0.1) is 29.4 Å². The van der Waals surface area contributed by atoms with Crippen molar-refractivity contribution in [2.24, 2.45) is 0 Å². The van der Waals surface area contributed by atoms with E-state index in [0.717, 1.165) is 15.7 Å². The maximum atomic E-state index is 8.86. The highest BCUT2D eigenvalue weighted by Gasteiger charge is 2.12. The van der Waals surface area contributed by atoms with E-state index in [2.05, 4.69) is 42.5 Å². The Hall–Kier alpha value is -3.09. The zero-order chi connectivity index (χ0) is 18.8. The molecule has 27 heavy (non-hydrogen) atoms. The molecule has 4 aromatic rings. The molecule has 0 aliphatic carbocycles. The molecule has 0 aliphatic rings. The number of nitrogens with zero attached hydrogens (tertiary/aromatic N) is 6. The van der Waals surface area contributed by atoms with Gasteiger partial charge in [0.1, 0.15) is 4.64 Å². The molecule has 0 unspecified atom stereocenters. The number of hydrogen-bond donors (Lipinski definition) is 1. The predicted molar refractivity (Wildman–Crippen MR) is 106 cm³/mol. The van der Waals surface area contributed by atoms with Crippen LogP contribution < -0.4 is 0 Å². The van der Waals surface area contributed by atoms with Crippen LogP contribution in [0, 0.1) is 16.0 Å². The first-order valence-corrected chi connectivity index (χ1v) is 9.18. The lowest BCUT2D eigenvalue weighted by Crippen LogP contribution is -2.04. The van der Waals surface area contributed by atoms with Crippen molar-refractivity contribution in [2.75, 3.05) is 0 Å². The Bertz CT molecular complexity index is 1180. The topological polar surface area (TPSA) is 88.1 Å². The van der Waals surface area contributed by atoms with Gasteiger partial charge in [0.15, 0.2) is 0 Å². The van der Waals surface area contributed by atoms with E-state index in [0.29, 0.717) is 28.1 Å². The van der Waals surface area contributed by atoms with Crippen LogP contribution >= 0.6 is 28.1 Å². The zero-order valence-corrected chi connectivity index (χ0v) is 16.3. The van der Waals surface area contributed by atoms with Crippen molar-refractivity contribution in [1.29, 1.82) is 5.26 Å². The number of rotatable bonds is 4. The summed E-state index contributed by atoms with van der Waals surface area (Å²) in [5.41, 5.74) is 3.22. The van der Waals surface area contributed by atoms with Crippen molar-refractivity contribution in [3.8, 4) is 23.1 Å². The van der Waals surface area contributed by atoms with Crippen LogP contribution in [-0.4, -0.2) is 30.0 Å². The molecule has 0 saturated heterocycles. The third kappa shape index (κ3) is 3.58. The molecule has 0 atom stereocenters. The monoisotopic (exact) mass is 437 g/mol. The van der Waals surface area contributed by atoms with Crippen molar-refractivity contribution < 1.29 is 0 Å². The second kappa shape index (κ2) is 7.26. The summed E-state index contributed by atoms with van der Waals surface area (Å²) in [5.74, 6) is 0.459. The second-order valence-corrected chi connectivity index (χ2v) is 7.06. The molecule has 0 saturated carbocycles. The van der Waals surface area contributed by atoms with Gasteiger partial charge in [-0.3, -0.25) is 5.10 Å². The van der Waals surface area contributed by atoms with E-state index >= 15 is 0 Å². The fraction of sp³-hybridized carbons (Fsp3) is 0.0556. The Morgan fingerprint density at radius 3 is 2.56 bits per heavy atom. The number of aromatic amines is 1. The zero-order valence-electron chi connectivity index (χ0n) is 13.9. The Balaban J connectivity index is 1.59. The smallest absolute Gasteiger partial charge is 0.209 e.